The van der Waals surface area contributed by atoms with Crippen molar-refractivity contribution in [1.29, 1.82) is 0 Å². The smallest absolute Gasteiger partial charge is 0.125 e. The van der Waals surface area contributed by atoms with Crippen molar-refractivity contribution in [1.82, 2.24) is 0 Å². The van der Waals surface area contributed by atoms with Gasteiger partial charge in [-0.25, -0.2) is 0 Å². The number of ether oxygens (including phenoxy) is 1. The largest absolute Gasteiger partial charge is 0.378 e. The van der Waals surface area contributed by atoms with E-state index < -0.39 is 0 Å². The van der Waals surface area contributed by atoms with Gasteiger partial charge >= 0.3 is 0 Å². The van der Waals surface area contributed by atoms with Crippen LogP contribution in [0.2, 0.25) is 0 Å². The number of carbonyl (C=O) groups is 1. The normalized spacial score (nSPS) is 24.9. The van der Waals surface area contributed by atoms with Crippen LogP contribution in [0.15, 0.2) is 0 Å². The predicted octanol–water partition coefficient (Wildman–Crippen LogP) is 1.78. The average molecular weight is 156 g/mol. The first-order valence-corrected chi connectivity index (χ1v) is 4.25. The van der Waals surface area contributed by atoms with Crippen molar-refractivity contribution in [3.8, 4) is 0 Å². The monoisotopic (exact) mass is 156 g/mol. The van der Waals surface area contributed by atoms with E-state index in [4.69, 9.17) is 4.74 Å². The lowest BCUT2D eigenvalue weighted by atomic mass is 9.88. The molecule has 11 heavy (non-hydrogen) atoms. The molecule has 0 aliphatic heterocycles. The fraction of sp³-hybridized carbons (Fsp3) is 0.889. The third-order valence-electron chi connectivity index (χ3n) is 2.89. The fourth-order valence-electron chi connectivity index (χ4n) is 1.94. The highest BCUT2D eigenvalue weighted by Crippen LogP contribution is 2.37. The van der Waals surface area contributed by atoms with Crippen LogP contribution in [-0.2, 0) is 9.53 Å². The lowest BCUT2D eigenvalue weighted by Crippen LogP contribution is -2.36. The molecule has 2 heteroatoms. The summed E-state index contributed by atoms with van der Waals surface area (Å²) < 4.78 is 5.42. The molecule has 1 atom stereocenters. The number of hydrogen-bond donors (Lipinski definition) is 0. The topological polar surface area (TPSA) is 26.3 Å². The molecule has 1 rings (SSSR count). The first-order valence-electron chi connectivity index (χ1n) is 4.25. The zero-order valence-corrected chi connectivity index (χ0v) is 7.30. The van der Waals surface area contributed by atoms with Gasteiger partial charge < -0.3 is 9.53 Å². The number of aldehydes is 1. The van der Waals surface area contributed by atoms with E-state index in [1.54, 1.807) is 7.11 Å². The Morgan fingerprint density at radius 1 is 1.45 bits per heavy atom. The third-order valence-corrected chi connectivity index (χ3v) is 2.89. The van der Waals surface area contributed by atoms with Crippen molar-refractivity contribution in [3.63, 3.8) is 0 Å². The molecule has 0 aromatic heterocycles. The minimum absolute atomic E-state index is 0.0509. The van der Waals surface area contributed by atoms with Crippen LogP contribution in [0.3, 0.4) is 0 Å². The Morgan fingerprint density at radius 3 is 2.36 bits per heavy atom. The lowest BCUT2D eigenvalue weighted by molar-refractivity contribution is -0.121. The van der Waals surface area contributed by atoms with Crippen LogP contribution in [-0.4, -0.2) is 19.0 Å². The minimum Gasteiger partial charge on any atom is -0.378 e. The van der Waals surface area contributed by atoms with Crippen LogP contribution < -0.4 is 0 Å². The second-order valence-electron chi connectivity index (χ2n) is 3.40. The van der Waals surface area contributed by atoms with Crippen molar-refractivity contribution < 1.29 is 9.53 Å². The number of hydrogen-bond acceptors (Lipinski definition) is 2. The van der Waals surface area contributed by atoms with Crippen molar-refractivity contribution in [2.75, 3.05) is 7.11 Å². The summed E-state index contributed by atoms with van der Waals surface area (Å²) in [6, 6.07) is 0. The van der Waals surface area contributed by atoms with Gasteiger partial charge in [0.05, 0.1) is 5.60 Å². The van der Waals surface area contributed by atoms with Gasteiger partial charge in [-0.15, -0.1) is 0 Å². The summed E-state index contributed by atoms with van der Waals surface area (Å²) in [4.78, 5) is 10.6. The highest BCUT2D eigenvalue weighted by Gasteiger charge is 2.38. The maximum absolute atomic E-state index is 10.6. The van der Waals surface area contributed by atoms with Gasteiger partial charge in [0.1, 0.15) is 6.29 Å². The molecule has 0 saturated heterocycles. The first kappa shape index (κ1) is 8.72. The van der Waals surface area contributed by atoms with Crippen LogP contribution in [0.25, 0.3) is 0 Å². The molecule has 1 unspecified atom stereocenters. The van der Waals surface area contributed by atoms with Gasteiger partial charge in [0.15, 0.2) is 0 Å². The molecule has 0 bridgehead atoms. The van der Waals surface area contributed by atoms with Crippen molar-refractivity contribution in [2.24, 2.45) is 5.92 Å². The number of rotatable bonds is 3. The first-order chi connectivity index (χ1) is 5.25. The molecule has 0 spiro atoms. The summed E-state index contributed by atoms with van der Waals surface area (Å²) in [5, 5.41) is 0. The van der Waals surface area contributed by atoms with Crippen molar-refractivity contribution in [2.45, 2.75) is 38.2 Å². The van der Waals surface area contributed by atoms with Crippen LogP contribution in [0.4, 0.5) is 0 Å². The van der Waals surface area contributed by atoms with Gasteiger partial charge in [-0.1, -0.05) is 19.8 Å². The van der Waals surface area contributed by atoms with Crippen LogP contribution >= 0.6 is 0 Å². The van der Waals surface area contributed by atoms with E-state index in [1.807, 2.05) is 6.92 Å². The molecule has 1 fully saturated rings. The Kier molecular flexibility index (Phi) is 2.66. The summed E-state index contributed by atoms with van der Waals surface area (Å²) in [5.74, 6) is 0.0509. The molecule has 1 saturated carbocycles. The molecule has 0 aromatic rings. The van der Waals surface area contributed by atoms with E-state index >= 15 is 0 Å². The summed E-state index contributed by atoms with van der Waals surface area (Å²) >= 11 is 0. The van der Waals surface area contributed by atoms with Crippen molar-refractivity contribution in [3.05, 3.63) is 0 Å². The molecular weight excluding hydrogens is 140 g/mol. The molecule has 0 radical (unpaired) electrons. The summed E-state index contributed by atoms with van der Waals surface area (Å²) in [6.45, 7) is 1.95. The Bertz CT molecular complexity index is 136. The fourth-order valence-corrected chi connectivity index (χ4v) is 1.94. The van der Waals surface area contributed by atoms with Crippen LogP contribution in [0, 0.1) is 5.92 Å². The maximum atomic E-state index is 10.6. The van der Waals surface area contributed by atoms with E-state index in [0.29, 0.717) is 0 Å². The highest BCUT2D eigenvalue weighted by molar-refractivity contribution is 5.55. The zero-order chi connectivity index (χ0) is 8.32. The predicted molar refractivity (Wildman–Crippen MR) is 43.4 cm³/mol. The van der Waals surface area contributed by atoms with E-state index in [1.165, 1.54) is 12.8 Å². The molecule has 0 aromatic carbocycles. The molecule has 1 aliphatic carbocycles. The van der Waals surface area contributed by atoms with Gasteiger partial charge in [-0.05, 0) is 12.8 Å². The van der Waals surface area contributed by atoms with E-state index in [9.17, 15) is 4.79 Å². The molecule has 0 heterocycles. The van der Waals surface area contributed by atoms with E-state index in [-0.39, 0.29) is 11.5 Å². The molecule has 64 valence electrons. The summed E-state index contributed by atoms with van der Waals surface area (Å²) in [7, 11) is 1.71. The van der Waals surface area contributed by atoms with Crippen LogP contribution in [0.1, 0.15) is 32.6 Å². The molecule has 0 N–H and O–H groups in total. The second kappa shape index (κ2) is 3.35. The maximum Gasteiger partial charge on any atom is 0.125 e. The number of methoxy groups -OCH3 is 1. The Labute approximate surface area is 67.9 Å². The Balaban J connectivity index is 2.65. The number of carbonyl (C=O) groups excluding carboxylic acids is 1. The molecule has 1 aliphatic rings. The van der Waals surface area contributed by atoms with E-state index in [2.05, 4.69) is 0 Å². The average Bonchev–Trinajstić information content (AvgIpc) is 2.52. The van der Waals surface area contributed by atoms with E-state index in [0.717, 1.165) is 19.1 Å². The molecular formula is C9H16O2. The van der Waals surface area contributed by atoms with Gasteiger partial charge in [-0.2, -0.15) is 0 Å². The van der Waals surface area contributed by atoms with Crippen molar-refractivity contribution >= 4 is 6.29 Å². The molecule has 0 amide bonds. The van der Waals surface area contributed by atoms with Gasteiger partial charge in [0.25, 0.3) is 0 Å². The Hall–Kier alpha value is -0.370. The minimum atomic E-state index is -0.123. The third kappa shape index (κ3) is 1.45. The lowest BCUT2D eigenvalue weighted by Gasteiger charge is -2.30. The zero-order valence-electron chi connectivity index (χ0n) is 7.30. The highest BCUT2D eigenvalue weighted by atomic mass is 16.5. The summed E-state index contributed by atoms with van der Waals surface area (Å²) in [5.41, 5.74) is -0.123. The van der Waals surface area contributed by atoms with Gasteiger partial charge in [0.2, 0.25) is 0 Å². The second-order valence-corrected chi connectivity index (χ2v) is 3.40. The molecule has 2 nitrogen and oxygen atoms in total. The van der Waals surface area contributed by atoms with Gasteiger partial charge in [-0.3, -0.25) is 0 Å². The summed E-state index contributed by atoms with van der Waals surface area (Å²) in [6.07, 6.45) is 5.50. The Morgan fingerprint density at radius 2 is 2.00 bits per heavy atom. The van der Waals surface area contributed by atoms with Crippen LogP contribution in [0.5, 0.6) is 0 Å². The quantitative estimate of drug-likeness (QED) is 0.582. The van der Waals surface area contributed by atoms with Gasteiger partial charge in [0, 0.05) is 13.0 Å². The standard InChI is InChI=1S/C9H16O2/c1-8(7-10)9(11-2)5-3-4-6-9/h7-8H,3-6H2,1-2H3. The SMILES string of the molecule is COC1(C(C)C=O)CCCC1.